The molecule has 0 saturated carbocycles. The second kappa shape index (κ2) is 7.54. The van der Waals surface area contributed by atoms with Crippen molar-refractivity contribution < 1.29 is 4.79 Å². The molecule has 0 spiro atoms. The molecule has 2 aromatic carbocycles. The maximum Gasteiger partial charge on any atom is 0.254 e. The van der Waals surface area contributed by atoms with Crippen molar-refractivity contribution in [2.45, 2.75) is 20.3 Å². The summed E-state index contributed by atoms with van der Waals surface area (Å²) >= 11 is 5.86. The van der Waals surface area contributed by atoms with Gasteiger partial charge in [-0.05, 0) is 61.4 Å². The maximum atomic E-state index is 12.3. The molecule has 0 radical (unpaired) electrons. The number of carbonyl (C=O) groups is 1. The number of aromatic amines is 1. The highest BCUT2D eigenvalue weighted by molar-refractivity contribution is 6.30. The van der Waals surface area contributed by atoms with Crippen molar-refractivity contribution in [3.8, 4) is 11.4 Å². The first-order valence-electron chi connectivity index (χ1n) is 8.13. The third-order valence-electron chi connectivity index (χ3n) is 4.13. The van der Waals surface area contributed by atoms with Gasteiger partial charge in [-0.1, -0.05) is 17.7 Å². The summed E-state index contributed by atoms with van der Waals surface area (Å²) in [6, 6.07) is 12.7. The molecule has 1 aromatic heterocycles. The first-order chi connectivity index (χ1) is 12.4. The molecule has 0 bridgehead atoms. The number of halogens is 1. The number of aryl methyl sites for hydroxylation is 2. The van der Waals surface area contributed by atoms with Crippen LogP contribution in [0.5, 0.6) is 0 Å². The molecular formula is C20H18ClN3O2. The van der Waals surface area contributed by atoms with Crippen molar-refractivity contribution in [3.05, 3.63) is 80.7 Å². The molecule has 0 aliphatic heterocycles. The Kier molecular flexibility index (Phi) is 5.19. The van der Waals surface area contributed by atoms with Gasteiger partial charge in [0.05, 0.1) is 6.42 Å². The molecule has 1 amide bonds. The molecular weight excluding hydrogens is 350 g/mol. The van der Waals surface area contributed by atoms with Gasteiger partial charge in [-0.25, -0.2) is 4.98 Å². The van der Waals surface area contributed by atoms with Crippen molar-refractivity contribution in [1.29, 1.82) is 0 Å². The zero-order chi connectivity index (χ0) is 18.7. The lowest BCUT2D eigenvalue weighted by Gasteiger charge is -2.08. The van der Waals surface area contributed by atoms with Crippen LogP contribution in [0.3, 0.4) is 0 Å². The molecule has 6 heteroatoms. The predicted molar refractivity (Wildman–Crippen MR) is 104 cm³/mol. The molecule has 0 atom stereocenters. The summed E-state index contributed by atoms with van der Waals surface area (Å²) in [7, 11) is 0. The monoisotopic (exact) mass is 367 g/mol. The highest BCUT2D eigenvalue weighted by atomic mass is 35.5. The molecule has 0 fully saturated rings. The molecule has 0 unspecified atom stereocenters. The summed E-state index contributed by atoms with van der Waals surface area (Å²) < 4.78 is 0. The van der Waals surface area contributed by atoms with Crippen LogP contribution in [0.2, 0.25) is 5.02 Å². The number of carbonyl (C=O) groups excluding carboxylic acids is 1. The lowest BCUT2D eigenvalue weighted by atomic mass is 10.1. The Labute approximate surface area is 156 Å². The summed E-state index contributed by atoms with van der Waals surface area (Å²) in [4.78, 5) is 31.4. The van der Waals surface area contributed by atoms with Crippen LogP contribution >= 0.6 is 11.6 Å². The maximum absolute atomic E-state index is 12.3. The third kappa shape index (κ3) is 4.18. The minimum absolute atomic E-state index is 0.0455. The molecule has 2 N–H and O–H groups in total. The number of aromatic nitrogens is 2. The Bertz CT molecular complexity index is 1010. The Hall–Kier alpha value is -2.92. The molecule has 5 nitrogen and oxygen atoms in total. The summed E-state index contributed by atoms with van der Waals surface area (Å²) in [6.07, 6.45) is 1.39. The van der Waals surface area contributed by atoms with E-state index in [2.05, 4.69) is 15.3 Å². The number of nitrogens with one attached hydrogen (secondary N) is 2. The Balaban J connectivity index is 1.73. The molecule has 1 heterocycles. The van der Waals surface area contributed by atoms with Gasteiger partial charge in [0.15, 0.2) is 0 Å². The fourth-order valence-electron chi connectivity index (χ4n) is 2.50. The van der Waals surface area contributed by atoms with Crippen LogP contribution in [-0.2, 0) is 11.2 Å². The van der Waals surface area contributed by atoms with Crippen LogP contribution in [0, 0.1) is 13.8 Å². The molecule has 0 aliphatic carbocycles. The number of hydrogen-bond donors (Lipinski definition) is 2. The topological polar surface area (TPSA) is 74.8 Å². The average Bonchev–Trinajstić information content (AvgIpc) is 2.60. The Morgan fingerprint density at radius 2 is 1.85 bits per heavy atom. The quantitative estimate of drug-likeness (QED) is 0.734. The van der Waals surface area contributed by atoms with E-state index >= 15 is 0 Å². The van der Waals surface area contributed by atoms with Gasteiger partial charge >= 0.3 is 0 Å². The highest BCUT2D eigenvalue weighted by Crippen LogP contribution is 2.17. The van der Waals surface area contributed by atoms with E-state index in [-0.39, 0.29) is 17.9 Å². The first-order valence-corrected chi connectivity index (χ1v) is 8.51. The van der Waals surface area contributed by atoms with Gasteiger partial charge in [0.2, 0.25) is 5.91 Å². The van der Waals surface area contributed by atoms with Crippen LogP contribution in [-0.4, -0.2) is 15.9 Å². The number of nitrogens with zero attached hydrogens (tertiary/aromatic N) is 1. The highest BCUT2D eigenvalue weighted by Gasteiger charge is 2.10. The zero-order valence-corrected chi connectivity index (χ0v) is 15.2. The van der Waals surface area contributed by atoms with Crippen molar-refractivity contribution in [3.63, 3.8) is 0 Å². The van der Waals surface area contributed by atoms with Crippen molar-refractivity contribution in [1.82, 2.24) is 9.97 Å². The van der Waals surface area contributed by atoms with E-state index in [1.54, 1.807) is 24.3 Å². The van der Waals surface area contributed by atoms with Crippen molar-refractivity contribution >= 4 is 23.2 Å². The minimum atomic E-state index is -0.333. The minimum Gasteiger partial charge on any atom is -0.326 e. The third-order valence-corrected chi connectivity index (χ3v) is 4.38. The fourth-order valence-corrected chi connectivity index (χ4v) is 2.62. The molecule has 0 aliphatic rings. The van der Waals surface area contributed by atoms with Gasteiger partial charge in [0, 0.05) is 28.0 Å². The predicted octanol–water partition coefficient (Wildman–Crippen LogP) is 3.89. The van der Waals surface area contributed by atoms with E-state index in [4.69, 9.17) is 11.6 Å². The van der Waals surface area contributed by atoms with Gasteiger partial charge in [-0.2, -0.15) is 0 Å². The van der Waals surface area contributed by atoms with Gasteiger partial charge in [-0.3, -0.25) is 9.59 Å². The smallest absolute Gasteiger partial charge is 0.254 e. The van der Waals surface area contributed by atoms with Crippen molar-refractivity contribution in [2.24, 2.45) is 0 Å². The van der Waals surface area contributed by atoms with E-state index in [0.717, 1.165) is 16.7 Å². The van der Waals surface area contributed by atoms with Gasteiger partial charge in [0.1, 0.15) is 5.82 Å². The average molecular weight is 368 g/mol. The molecule has 3 aromatic rings. The second-order valence-corrected chi connectivity index (χ2v) is 6.55. The number of hydrogen-bond acceptors (Lipinski definition) is 3. The molecule has 0 saturated heterocycles. The largest absolute Gasteiger partial charge is 0.326 e. The van der Waals surface area contributed by atoms with Gasteiger partial charge < -0.3 is 10.3 Å². The van der Waals surface area contributed by atoms with Crippen LogP contribution in [0.1, 0.15) is 16.7 Å². The standard InChI is InChI=1S/C20H18ClN3O2/c1-12-3-8-17(9-13(12)2)23-18(25)10-15-11-22-19(24-20(15)26)14-4-6-16(21)7-5-14/h3-9,11H,10H2,1-2H3,(H,23,25)(H,22,24,26). The van der Waals surface area contributed by atoms with E-state index in [9.17, 15) is 9.59 Å². The van der Waals surface area contributed by atoms with E-state index < -0.39 is 0 Å². The van der Waals surface area contributed by atoms with Crippen molar-refractivity contribution in [2.75, 3.05) is 5.32 Å². The number of H-pyrrole nitrogens is 1. The van der Waals surface area contributed by atoms with E-state index in [1.807, 2.05) is 32.0 Å². The Morgan fingerprint density at radius 3 is 2.50 bits per heavy atom. The normalized spacial score (nSPS) is 10.6. The van der Waals surface area contributed by atoms with Gasteiger partial charge in [0.25, 0.3) is 5.56 Å². The number of amides is 1. The number of rotatable bonds is 4. The second-order valence-electron chi connectivity index (χ2n) is 6.12. The lowest BCUT2D eigenvalue weighted by Crippen LogP contribution is -2.22. The fraction of sp³-hybridized carbons (Fsp3) is 0.150. The zero-order valence-electron chi connectivity index (χ0n) is 14.5. The summed E-state index contributed by atoms with van der Waals surface area (Å²) in [5.74, 6) is 0.171. The lowest BCUT2D eigenvalue weighted by molar-refractivity contribution is -0.115. The summed E-state index contributed by atoms with van der Waals surface area (Å²) in [5.41, 5.74) is 3.68. The SMILES string of the molecule is Cc1ccc(NC(=O)Cc2cnc(-c3ccc(Cl)cc3)[nH]c2=O)cc1C. The summed E-state index contributed by atoms with van der Waals surface area (Å²) in [6.45, 7) is 3.99. The molecule has 132 valence electrons. The Morgan fingerprint density at radius 1 is 1.12 bits per heavy atom. The van der Waals surface area contributed by atoms with Crippen LogP contribution in [0.15, 0.2) is 53.5 Å². The molecule has 3 rings (SSSR count). The summed E-state index contributed by atoms with van der Waals surface area (Å²) in [5, 5.41) is 3.41. The number of benzene rings is 2. The van der Waals surface area contributed by atoms with Crippen LogP contribution in [0.4, 0.5) is 5.69 Å². The first kappa shape index (κ1) is 17.9. The van der Waals surface area contributed by atoms with Gasteiger partial charge in [-0.15, -0.1) is 0 Å². The molecule has 26 heavy (non-hydrogen) atoms. The van der Waals surface area contributed by atoms with Crippen LogP contribution in [0.25, 0.3) is 11.4 Å². The van der Waals surface area contributed by atoms with E-state index in [1.165, 1.54) is 6.20 Å². The number of anilines is 1. The van der Waals surface area contributed by atoms with E-state index in [0.29, 0.717) is 22.1 Å². The van der Waals surface area contributed by atoms with Crippen LogP contribution < -0.4 is 10.9 Å².